The van der Waals surface area contributed by atoms with Crippen LogP contribution in [0.5, 0.6) is 0 Å². The van der Waals surface area contributed by atoms with Gasteiger partial charge in [-0.15, -0.1) is 0 Å². The molecule has 4 nitrogen and oxygen atoms in total. The minimum Gasteiger partial charge on any atom is -0.449 e. The van der Waals surface area contributed by atoms with Gasteiger partial charge in [-0.25, -0.2) is 4.79 Å². The zero-order valence-corrected chi connectivity index (χ0v) is 15.1. The maximum absolute atomic E-state index is 12.1. The Bertz CT molecular complexity index is 725. The Morgan fingerprint density at radius 3 is 2.52 bits per heavy atom. The van der Waals surface area contributed by atoms with Crippen LogP contribution in [0.3, 0.4) is 0 Å². The molecule has 0 spiro atoms. The van der Waals surface area contributed by atoms with Crippen LogP contribution in [0.15, 0.2) is 48.6 Å². The number of carbonyl (C=O) groups excluding carboxylic acids is 2. The number of benzene rings is 1. The average Bonchev–Trinajstić information content (AvgIpc) is 2.91. The van der Waals surface area contributed by atoms with Crippen LogP contribution in [0.1, 0.15) is 36.8 Å². The highest BCUT2D eigenvalue weighted by Gasteiger charge is 2.39. The molecule has 2 aliphatic carbocycles. The zero-order valence-electron chi connectivity index (χ0n) is 14.3. The van der Waals surface area contributed by atoms with Crippen LogP contribution in [0.4, 0.5) is 4.79 Å². The molecule has 0 bridgehead atoms. The number of fused-ring (bicyclic) bond motifs is 3. The normalized spacial score (nSPS) is 24.6. The molecular weight excluding hydrogens is 338 g/mol. The predicted molar refractivity (Wildman–Crippen MR) is 97.7 cm³/mol. The van der Waals surface area contributed by atoms with E-state index in [0.717, 1.165) is 0 Å². The largest absolute Gasteiger partial charge is 0.449 e. The smallest absolute Gasteiger partial charge is 0.407 e. The topological polar surface area (TPSA) is 55.4 Å². The van der Waals surface area contributed by atoms with Crippen molar-refractivity contribution in [2.45, 2.75) is 31.7 Å². The van der Waals surface area contributed by atoms with Crippen LogP contribution in [0.2, 0.25) is 0 Å². The van der Waals surface area contributed by atoms with E-state index in [-0.39, 0.29) is 24.4 Å². The van der Waals surface area contributed by atoms with E-state index in [4.69, 9.17) is 16.3 Å². The summed E-state index contributed by atoms with van der Waals surface area (Å²) in [4.78, 5) is 23.5. The van der Waals surface area contributed by atoms with Gasteiger partial charge in [0.05, 0.1) is 0 Å². The van der Waals surface area contributed by atoms with E-state index >= 15 is 0 Å². The van der Waals surface area contributed by atoms with Crippen LogP contribution < -0.4 is 5.32 Å². The second-order valence-corrected chi connectivity index (χ2v) is 7.25. The molecule has 0 aliphatic heterocycles. The van der Waals surface area contributed by atoms with Crippen molar-refractivity contribution in [2.75, 3.05) is 6.61 Å². The predicted octanol–water partition coefficient (Wildman–Crippen LogP) is 4.13. The highest BCUT2D eigenvalue weighted by atomic mass is 35.5. The Labute approximate surface area is 152 Å². The number of rotatable bonds is 5. The first-order chi connectivity index (χ1) is 12.0. The van der Waals surface area contributed by atoms with Gasteiger partial charge in [-0.3, -0.25) is 4.79 Å². The first-order valence-electron chi connectivity index (χ1n) is 8.55. The summed E-state index contributed by atoms with van der Waals surface area (Å²) in [5.41, 5.74) is 2.51. The Hall–Kier alpha value is -2.07. The quantitative estimate of drug-likeness (QED) is 0.804. The van der Waals surface area contributed by atoms with Gasteiger partial charge in [0.1, 0.15) is 12.6 Å². The van der Waals surface area contributed by atoms with E-state index in [2.05, 4.69) is 35.7 Å². The molecule has 0 aromatic heterocycles. The van der Waals surface area contributed by atoms with Crippen molar-refractivity contribution in [3.05, 3.63) is 59.7 Å². The van der Waals surface area contributed by atoms with Crippen molar-refractivity contribution in [3.63, 3.8) is 0 Å². The minimum atomic E-state index is -0.740. The van der Waals surface area contributed by atoms with Crippen molar-refractivity contribution in [1.82, 2.24) is 5.32 Å². The number of hydrogen-bond acceptors (Lipinski definition) is 3. The number of allylic oxidation sites excluding steroid dienone is 4. The lowest BCUT2D eigenvalue weighted by atomic mass is 9.84. The molecule has 0 heterocycles. The Morgan fingerprint density at radius 1 is 1.16 bits per heavy atom. The number of hydrogen-bond donors (Lipinski definition) is 1. The summed E-state index contributed by atoms with van der Waals surface area (Å²) in [5.74, 6) is 0.620. The summed E-state index contributed by atoms with van der Waals surface area (Å²) in [7, 11) is 0. The number of ether oxygens (including phenoxy) is 1. The molecule has 0 saturated carbocycles. The molecule has 4 atom stereocenters. The molecule has 0 saturated heterocycles. The zero-order chi connectivity index (χ0) is 18.0. The van der Waals surface area contributed by atoms with Crippen molar-refractivity contribution in [3.8, 4) is 0 Å². The van der Waals surface area contributed by atoms with Crippen LogP contribution >= 0.6 is 11.6 Å². The van der Waals surface area contributed by atoms with E-state index in [1.165, 1.54) is 11.1 Å². The fraction of sp³-hybridized carbons (Fsp3) is 0.400. The average molecular weight is 360 g/mol. The lowest BCUT2D eigenvalue weighted by Crippen LogP contribution is -2.43. The molecule has 0 fully saturated rings. The maximum atomic E-state index is 12.1. The summed E-state index contributed by atoms with van der Waals surface area (Å²) in [6.45, 7) is 3.91. The molecule has 2 aliphatic rings. The van der Waals surface area contributed by atoms with Crippen LogP contribution in [-0.4, -0.2) is 24.0 Å². The lowest BCUT2D eigenvalue weighted by Gasteiger charge is -2.23. The van der Waals surface area contributed by atoms with Crippen molar-refractivity contribution >= 4 is 22.9 Å². The van der Waals surface area contributed by atoms with Gasteiger partial charge in [-0.1, -0.05) is 62.4 Å². The molecular formula is C20H22ClNO3. The van der Waals surface area contributed by atoms with Gasteiger partial charge >= 0.3 is 6.09 Å². The fourth-order valence-corrected chi connectivity index (χ4v) is 4.01. The third kappa shape index (κ3) is 3.64. The number of alkyl carbamates (subject to hydrolysis) is 1. The molecule has 3 rings (SSSR count). The summed E-state index contributed by atoms with van der Waals surface area (Å²) in [6.07, 6.45) is 7.87. The van der Waals surface area contributed by atoms with E-state index < -0.39 is 17.4 Å². The van der Waals surface area contributed by atoms with Gasteiger partial charge < -0.3 is 10.1 Å². The lowest BCUT2D eigenvalue weighted by molar-refractivity contribution is -0.114. The standard InChI is InChI=1S/C20H22ClNO3/c1-12(2)18(19(21)23)22-20(24)25-11-17-15-9-5-3-7-13(15)14-8-4-6-10-16(14)17/h3-10,12-13,15,17-18H,11H2,1-2H3,(H,22,24)/t13-,15?,17?,18-/m0/s1. The summed E-state index contributed by atoms with van der Waals surface area (Å²) < 4.78 is 5.44. The molecule has 1 N–H and O–H groups in total. The molecule has 5 heteroatoms. The van der Waals surface area contributed by atoms with Gasteiger partial charge in [-0.05, 0) is 34.6 Å². The van der Waals surface area contributed by atoms with Crippen LogP contribution in [-0.2, 0) is 9.53 Å². The van der Waals surface area contributed by atoms with E-state index in [1.807, 2.05) is 32.1 Å². The maximum Gasteiger partial charge on any atom is 0.407 e. The Morgan fingerprint density at radius 2 is 1.84 bits per heavy atom. The molecule has 2 unspecified atom stereocenters. The van der Waals surface area contributed by atoms with Gasteiger partial charge in [0, 0.05) is 11.8 Å². The highest BCUT2D eigenvalue weighted by Crippen LogP contribution is 2.49. The van der Waals surface area contributed by atoms with Crippen molar-refractivity contribution in [2.24, 2.45) is 11.8 Å². The molecule has 132 valence electrons. The van der Waals surface area contributed by atoms with Gasteiger partial charge in [0.25, 0.3) is 0 Å². The molecule has 1 amide bonds. The Kier molecular flexibility index (Phi) is 5.28. The van der Waals surface area contributed by atoms with E-state index in [9.17, 15) is 9.59 Å². The number of halogens is 1. The summed E-state index contributed by atoms with van der Waals surface area (Å²) >= 11 is 5.54. The van der Waals surface area contributed by atoms with Crippen LogP contribution in [0.25, 0.3) is 0 Å². The molecule has 1 aromatic rings. The van der Waals surface area contributed by atoms with Gasteiger partial charge in [0.2, 0.25) is 5.24 Å². The Balaban J connectivity index is 1.68. The fourth-order valence-electron chi connectivity index (χ4n) is 3.70. The number of carbonyl (C=O) groups is 2. The summed E-state index contributed by atoms with van der Waals surface area (Å²) in [5, 5.41) is 1.98. The summed E-state index contributed by atoms with van der Waals surface area (Å²) in [6, 6.07) is 7.54. The van der Waals surface area contributed by atoms with Gasteiger partial charge in [-0.2, -0.15) is 0 Å². The molecule has 25 heavy (non-hydrogen) atoms. The number of nitrogens with one attached hydrogen (secondary N) is 1. The van der Waals surface area contributed by atoms with Crippen molar-refractivity contribution < 1.29 is 14.3 Å². The first kappa shape index (κ1) is 17.7. The highest BCUT2D eigenvalue weighted by molar-refractivity contribution is 6.64. The van der Waals surface area contributed by atoms with Gasteiger partial charge in [0.15, 0.2) is 0 Å². The third-order valence-corrected chi connectivity index (χ3v) is 5.21. The first-order valence-corrected chi connectivity index (χ1v) is 8.93. The monoisotopic (exact) mass is 359 g/mol. The molecule has 0 radical (unpaired) electrons. The third-order valence-electron chi connectivity index (χ3n) is 4.98. The minimum absolute atomic E-state index is 0.0967. The molecule has 1 aromatic carbocycles. The van der Waals surface area contributed by atoms with E-state index in [1.54, 1.807) is 0 Å². The number of amides is 1. The van der Waals surface area contributed by atoms with Crippen LogP contribution in [0, 0.1) is 11.8 Å². The van der Waals surface area contributed by atoms with E-state index in [0.29, 0.717) is 5.92 Å². The second kappa shape index (κ2) is 7.44. The van der Waals surface area contributed by atoms with Crippen molar-refractivity contribution in [1.29, 1.82) is 0 Å². The SMILES string of the molecule is CC(C)[C@H](NC(=O)OCC1c2ccccc2[C@@H]2C=CC=CC12)C(=O)Cl. The second-order valence-electron chi connectivity index (χ2n) is 6.88.